The molecule has 8 heavy (non-hydrogen) atoms. The van der Waals surface area contributed by atoms with Crippen LogP contribution in [0.25, 0.3) is 0 Å². The number of nitrogens with zero attached hydrogens (tertiary/aromatic N) is 1. The van der Waals surface area contributed by atoms with Crippen LogP contribution in [0.15, 0.2) is 0 Å². The van der Waals surface area contributed by atoms with Crippen LogP contribution in [-0.2, 0) is 0 Å². The van der Waals surface area contributed by atoms with Crippen molar-refractivity contribution in [3.05, 3.63) is 0 Å². The Balaban J connectivity index is 2.18. The number of fused-ring (bicyclic) bond motifs is 1. The van der Waals surface area contributed by atoms with Crippen molar-refractivity contribution in [2.75, 3.05) is 6.61 Å². The fourth-order valence-electron chi connectivity index (χ4n) is 1.48. The van der Waals surface area contributed by atoms with E-state index in [4.69, 9.17) is 10.4 Å². The lowest BCUT2D eigenvalue weighted by molar-refractivity contribution is 0.246. The lowest BCUT2D eigenvalue weighted by atomic mass is 10.2. The van der Waals surface area contributed by atoms with Crippen LogP contribution in [0.2, 0.25) is 0 Å². The normalized spacial score (nSPS) is 56.5. The van der Waals surface area contributed by atoms with E-state index in [0.29, 0.717) is 0 Å². The molecule has 2 saturated carbocycles. The molecule has 0 amide bonds. The predicted molar refractivity (Wildman–Crippen MR) is 26.8 cm³/mol. The van der Waals surface area contributed by atoms with E-state index >= 15 is 0 Å². The van der Waals surface area contributed by atoms with Crippen molar-refractivity contribution >= 4 is 0 Å². The first kappa shape index (κ1) is 4.34. The topological polar surface area (TPSA) is 44.0 Å². The van der Waals surface area contributed by atoms with Crippen LogP contribution in [-0.4, -0.2) is 11.7 Å². The van der Waals surface area contributed by atoms with E-state index in [1.807, 2.05) is 0 Å². The molecular formula is C6H7NO. The van der Waals surface area contributed by atoms with E-state index in [0.717, 1.165) is 12.8 Å². The van der Waals surface area contributed by atoms with E-state index in [1.165, 1.54) is 0 Å². The van der Waals surface area contributed by atoms with Gasteiger partial charge in [-0.2, -0.15) is 5.26 Å². The maximum absolute atomic E-state index is 8.65. The second-order valence-electron chi connectivity index (χ2n) is 2.99. The molecule has 42 valence electrons. The minimum atomic E-state index is -0.0399. The average molecular weight is 109 g/mol. The number of hydrogen-bond donors (Lipinski definition) is 1. The van der Waals surface area contributed by atoms with Crippen molar-refractivity contribution in [2.45, 2.75) is 12.8 Å². The van der Waals surface area contributed by atoms with E-state index in [9.17, 15) is 0 Å². The van der Waals surface area contributed by atoms with Crippen LogP contribution in [0.4, 0.5) is 0 Å². The predicted octanol–water partition coefficient (Wildman–Crippen LogP) is 0.282. The smallest absolute Gasteiger partial charge is 0.0697 e. The van der Waals surface area contributed by atoms with Gasteiger partial charge in [-0.1, -0.05) is 0 Å². The quantitative estimate of drug-likeness (QED) is 0.525. The van der Waals surface area contributed by atoms with Crippen LogP contribution < -0.4 is 0 Å². The summed E-state index contributed by atoms with van der Waals surface area (Å²) in [6.07, 6.45) is 1.90. The van der Waals surface area contributed by atoms with Gasteiger partial charge in [-0.15, -0.1) is 0 Å². The highest BCUT2D eigenvalue weighted by Crippen LogP contribution is 2.85. The van der Waals surface area contributed by atoms with Crippen molar-refractivity contribution in [3.8, 4) is 6.07 Å². The summed E-state index contributed by atoms with van der Waals surface area (Å²) in [5.74, 6) is 0. The monoisotopic (exact) mass is 109 g/mol. The molecule has 2 aliphatic rings. The highest BCUT2D eigenvalue weighted by molar-refractivity contribution is 5.39. The minimum absolute atomic E-state index is 0.0399. The third kappa shape index (κ3) is 0.214. The van der Waals surface area contributed by atoms with Gasteiger partial charge in [-0.3, -0.25) is 0 Å². The Morgan fingerprint density at radius 2 is 2.25 bits per heavy atom. The molecule has 0 radical (unpaired) electrons. The second kappa shape index (κ2) is 0.803. The Hall–Kier alpha value is -0.550. The van der Waals surface area contributed by atoms with Crippen LogP contribution in [0, 0.1) is 22.2 Å². The third-order valence-corrected chi connectivity index (χ3v) is 2.56. The standard InChI is InChI=1S/C6H7NO/c7-3-5-1-6(5,2-5)4-8/h8H,1-2,4H2. The molecule has 0 spiro atoms. The number of aliphatic hydroxyl groups excluding tert-OH is 1. The van der Waals surface area contributed by atoms with Gasteiger partial charge in [0.15, 0.2) is 0 Å². The maximum atomic E-state index is 8.65. The summed E-state index contributed by atoms with van der Waals surface area (Å²) >= 11 is 0. The van der Waals surface area contributed by atoms with Gasteiger partial charge in [0, 0.05) is 5.41 Å². The maximum Gasteiger partial charge on any atom is 0.0697 e. The Morgan fingerprint density at radius 1 is 1.62 bits per heavy atom. The molecule has 0 aromatic heterocycles. The number of aliphatic hydroxyl groups is 1. The van der Waals surface area contributed by atoms with Crippen LogP contribution in [0.5, 0.6) is 0 Å². The third-order valence-electron chi connectivity index (χ3n) is 2.56. The molecule has 0 aliphatic heterocycles. The molecule has 0 aromatic carbocycles. The van der Waals surface area contributed by atoms with Gasteiger partial charge < -0.3 is 5.11 Å². The lowest BCUT2D eigenvalue weighted by Crippen LogP contribution is -1.90. The van der Waals surface area contributed by atoms with Crippen LogP contribution in [0.3, 0.4) is 0 Å². The first-order chi connectivity index (χ1) is 3.79. The first-order valence-corrected chi connectivity index (χ1v) is 2.81. The number of nitriles is 1. The Morgan fingerprint density at radius 3 is 2.38 bits per heavy atom. The molecule has 0 saturated heterocycles. The number of hydrogen-bond acceptors (Lipinski definition) is 2. The van der Waals surface area contributed by atoms with Crippen LogP contribution >= 0.6 is 0 Å². The fraction of sp³-hybridized carbons (Fsp3) is 0.833. The van der Waals surface area contributed by atoms with Crippen molar-refractivity contribution in [2.24, 2.45) is 10.8 Å². The zero-order valence-electron chi connectivity index (χ0n) is 4.52. The molecule has 0 aromatic rings. The minimum Gasteiger partial charge on any atom is -0.396 e. The summed E-state index contributed by atoms with van der Waals surface area (Å²) in [7, 11) is 0. The van der Waals surface area contributed by atoms with Crippen LogP contribution in [0.1, 0.15) is 12.8 Å². The summed E-state index contributed by atoms with van der Waals surface area (Å²) in [5, 5.41) is 17.1. The molecule has 0 bridgehead atoms. The molecule has 0 atom stereocenters. The SMILES string of the molecule is N#CC12CC1(CO)C2. The Bertz CT molecular complexity index is 173. The van der Waals surface area contributed by atoms with E-state index in [2.05, 4.69) is 6.07 Å². The van der Waals surface area contributed by atoms with Gasteiger partial charge >= 0.3 is 0 Å². The average Bonchev–Trinajstić information content (AvgIpc) is 2.48. The molecule has 2 heteroatoms. The highest BCUT2D eigenvalue weighted by Gasteiger charge is 2.83. The Labute approximate surface area is 47.7 Å². The molecule has 2 fully saturated rings. The van der Waals surface area contributed by atoms with Crippen molar-refractivity contribution < 1.29 is 5.11 Å². The van der Waals surface area contributed by atoms with Gasteiger partial charge in [0.25, 0.3) is 0 Å². The summed E-state index contributed by atoms with van der Waals surface area (Å²) < 4.78 is 0. The van der Waals surface area contributed by atoms with Gasteiger partial charge in [0.05, 0.1) is 18.1 Å². The van der Waals surface area contributed by atoms with Crippen molar-refractivity contribution in [3.63, 3.8) is 0 Å². The molecule has 0 heterocycles. The van der Waals surface area contributed by atoms with Gasteiger partial charge in [-0.05, 0) is 12.8 Å². The molecular weight excluding hydrogens is 102 g/mol. The molecule has 2 aliphatic carbocycles. The fourth-order valence-corrected chi connectivity index (χ4v) is 1.48. The van der Waals surface area contributed by atoms with E-state index in [-0.39, 0.29) is 17.4 Å². The van der Waals surface area contributed by atoms with Crippen molar-refractivity contribution in [1.29, 1.82) is 5.26 Å². The van der Waals surface area contributed by atoms with E-state index in [1.54, 1.807) is 0 Å². The summed E-state index contributed by atoms with van der Waals surface area (Å²) in [6, 6.07) is 2.22. The molecule has 2 rings (SSSR count). The highest BCUT2D eigenvalue weighted by atomic mass is 16.3. The summed E-state index contributed by atoms with van der Waals surface area (Å²) in [4.78, 5) is 0. The Kier molecular flexibility index (Phi) is 0.435. The lowest BCUT2D eigenvalue weighted by Gasteiger charge is -1.88. The molecule has 0 unspecified atom stereocenters. The van der Waals surface area contributed by atoms with Gasteiger partial charge in [0.2, 0.25) is 0 Å². The largest absolute Gasteiger partial charge is 0.396 e. The zero-order chi connectivity index (χ0) is 5.83. The molecule has 2 nitrogen and oxygen atoms in total. The summed E-state index contributed by atoms with van der Waals surface area (Å²) in [6.45, 7) is 0.223. The van der Waals surface area contributed by atoms with Crippen molar-refractivity contribution in [1.82, 2.24) is 0 Å². The van der Waals surface area contributed by atoms with Gasteiger partial charge in [-0.25, -0.2) is 0 Å². The second-order valence-corrected chi connectivity index (χ2v) is 2.99. The number of rotatable bonds is 1. The molecule has 1 N–H and O–H groups in total. The van der Waals surface area contributed by atoms with Gasteiger partial charge in [0.1, 0.15) is 0 Å². The summed E-state index contributed by atoms with van der Waals surface area (Å²) in [5.41, 5.74) is 0.0590. The zero-order valence-corrected chi connectivity index (χ0v) is 4.52. The van der Waals surface area contributed by atoms with E-state index < -0.39 is 0 Å². The first-order valence-electron chi connectivity index (χ1n) is 2.81.